The fraction of sp³-hybridized carbons (Fsp3) is 0.333. The van der Waals surface area contributed by atoms with Crippen molar-refractivity contribution in [3.63, 3.8) is 0 Å². The summed E-state index contributed by atoms with van der Waals surface area (Å²) in [5, 5.41) is 23.5. The minimum atomic E-state index is -1.57. The van der Waals surface area contributed by atoms with Crippen molar-refractivity contribution < 1.29 is 28.9 Å². The van der Waals surface area contributed by atoms with Crippen molar-refractivity contribution >= 4 is 17.5 Å². The fourth-order valence-corrected chi connectivity index (χ4v) is 3.80. The van der Waals surface area contributed by atoms with Crippen molar-refractivity contribution in [3.05, 3.63) is 76.2 Å². The number of aliphatic hydroxyl groups is 2. The highest BCUT2D eigenvalue weighted by Crippen LogP contribution is 2.33. The van der Waals surface area contributed by atoms with Gasteiger partial charge in [0.05, 0.1) is 43.3 Å². The van der Waals surface area contributed by atoms with Gasteiger partial charge in [-0.1, -0.05) is 11.6 Å². The second-order valence-electron chi connectivity index (χ2n) is 9.11. The Balaban J connectivity index is 1.50. The lowest BCUT2D eigenvalue weighted by Crippen LogP contribution is -2.39. The Hall–Kier alpha value is -3.20. The van der Waals surface area contributed by atoms with E-state index in [4.69, 9.17) is 21.1 Å². The Labute approximate surface area is 213 Å². The van der Waals surface area contributed by atoms with Crippen LogP contribution in [0.3, 0.4) is 0 Å². The Morgan fingerprint density at radius 1 is 1.19 bits per heavy atom. The molecule has 0 aliphatic heterocycles. The largest absolute Gasteiger partial charge is 0.493 e. The van der Waals surface area contributed by atoms with Crippen LogP contribution in [-0.2, 0) is 12.2 Å². The molecule has 1 aliphatic rings. The Morgan fingerprint density at radius 2 is 1.97 bits per heavy atom. The van der Waals surface area contributed by atoms with Gasteiger partial charge in [-0.3, -0.25) is 4.79 Å². The molecule has 1 amide bonds. The van der Waals surface area contributed by atoms with E-state index >= 15 is 0 Å². The number of benzene rings is 2. The maximum Gasteiger partial charge on any atom is 0.251 e. The molecule has 36 heavy (non-hydrogen) atoms. The van der Waals surface area contributed by atoms with E-state index in [1.54, 1.807) is 30.3 Å². The van der Waals surface area contributed by atoms with Gasteiger partial charge in [0.15, 0.2) is 11.5 Å². The maximum absolute atomic E-state index is 13.6. The molecule has 1 fully saturated rings. The molecule has 7 nitrogen and oxygen atoms in total. The molecule has 1 unspecified atom stereocenters. The predicted octanol–water partition coefficient (Wildman–Crippen LogP) is 4.47. The standard InChI is InChI=1S/C27H28ClFN2O5/c1-27(34,25-10-17(13-32)9-22(31-25)18-5-7-21(29)20(28)11-18)15-30-26(33)19-6-8-23(24(12-19)35-2)36-14-16-3-4-16/h5-12,16,32,34H,3-4,13-15H2,1-2H3,(H,30,33). The molecule has 3 N–H and O–H groups in total. The van der Waals surface area contributed by atoms with Crippen molar-refractivity contribution in [1.29, 1.82) is 0 Å². The number of aliphatic hydroxyl groups excluding tert-OH is 1. The van der Waals surface area contributed by atoms with Gasteiger partial charge in [-0.25, -0.2) is 9.37 Å². The molecule has 1 heterocycles. The lowest BCUT2D eigenvalue weighted by Gasteiger charge is -2.24. The average Bonchev–Trinajstić information content (AvgIpc) is 3.72. The van der Waals surface area contributed by atoms with Crippen LogP contribution in [0.25, 0.3) is 11.3 Å². The molecule has 9 heteroatoms. The van der Waals surface area contributed by atoms with E-state index < -0.39 is 17.3 Å². The molecule has 3 aromatic rings. The number of halogens is 2. The van der Waals surface area contributed by atoms with Crippen molar-refractivity contribution in [3.8, 4) is 22.8 Å². The van der Waals surface area contributed by atoms with Crippen LogP contribution in [0.4, 0.5) is 4.39 Å². The number of pyridine rings is 1. The van der Waals surface area contributed by atoms with Crippen LogP contribution in [0.5, 0.6) is 11.5 Å². The van der Waals surface area contributed by atoms with Gasteiger partial charge in [0.1, 0.15) is 11.4 Å². The number of nitrogens with one attached hydrogen (secondary N) is 1. The van der Waals surface area contributed by atoms with E-state index in [1.807, 2.05) is 0 Å². The minimum Gasteiger partial charge on any atom is -0.493 e. The highest BCUT2D eigenvalue weighted by molar-refractivity contribution is 6.31. The van der Waals surface area contributed by atoms with E-state index in [1.165, 1.54) is 32.2 Å². The summed E-state index contributed by atoms with van der Waals surface area (Å²) in [5.41, 5.74) is 0.418. The molecule has 0 spiro atoms. The summed E-state index contributed by atoms with van der Waals surface area (Å²) in [5.74, 6) is 0.638. The minimum absolute atomic E-state index is 0.0661. The summed E-state index contributed by atoms with van der Waals surface area (Å²) in [6.07, 6.45) is 2.33. The number of aromatic nitrogens is 1. The smallest absolute Gasteiger partial charge is 0.251 e. The number of amides is 1. The topological polar surface area (TPSA) is 101 Å². The van der Waals surface area contributed by atoms with Gasteiger partial charge in [-0.15, -0.1) is 0 Å². The fourth-order valence-electron chi connectivity index (χ4n) is 3.62. The molecule has 1 saturated carbocycles. The van der Waals surface area contributed by atoms with E-state index in [2.05, 4.69) is 10.3 Å². The zero-order chi connectivity index (χ0) is 25.9. The third-order valence-electron chi connectivity index (χ3n) is 6.03. The van der Waals surface area contributed by atoms with Crippen molar-refractivity contribution in [2.24, 2.45) is 5.92 Å². The highest BCUT2D eigenvalue weighted by Gasteiger charge is 2.28. The number of methoxy groups -OCH3 is 1. The summed E-state index contributed by atoms with van der Waals surface area (Å²) in [4.78, 5) is 17.3. The lowest BCUT2D eigenvalue weighted by molar-refractivity contribution is 0.0488. The third-order valence-corrected chi connectivity index (χ3v) is 6.31. The second-order valence-corrected chi connectivity index (χ2v) is 9.52. The highest BCUT2D eigenvalue weighted by atomic mass is 35.5. The van der Waals surface area contributed by atoms with Crippen molar-refractivity contribution in [2.75, 3.05) is 20.3 Å². The first-order valence-corrected chi connectivity index (χ1v) is 12.0. The molecular weight excluding hydrogens is 487 g/mol. The van der Waals surface area contributed by atoms with Gasteiger partial charge in [0.2, 0.25) is 0 Å². The molecule has 1 aromatic heterocycles. The third kappa shape index (κ3) is 6.13. The van der Waals surface area contributed by atoms with Gasteiger partial charge in [0, 0.05) is 11.1 Å². The number of carbonyl (C=O) groups excluding carboxylic acids is 1. The van der Waals surface area contributed by atoms with Crippen LogP contribution in [-0.4, -0.2) is 41.4 Å². The summed E-state index contributed by atoms with van der Waals surface area (Å²) in [7, 11) is 1.51. The molecule has 190 valence electrons. The molecule has 0 saturated heterocycles. The summed E-state index contributed by atoms with van der Waals surface area (Å²) in [6, 6.07) is 12.3. The van der Waals surface area contributed by atoms with Crippen LogP contribution < -0.4 is 14.8 Å². The average molecular weight is 515 g/mol. The zero-order valence-electron chi connectivity index (χ0n) is 20.1. The van der Waals surface area contributed by atoms with Crippen LogP contribution in [0.2, 0.25) is 5.02 Å². The molecule has 2 aromatic carbocycles. The van der Waals surface area contributed by atoms with E-state index in [0.717, 1.165) is 12.8 Å². The number of hydrogen-bond donors (Lipinski definition) is 3. The SMILES string of the molecule is COc1cc(C(=O)NCC(C)(O)c2cc(CO)cc(-c3ccc(F)c(Cl)c3)n2)ccc1OCC1CC1. The summed E-state index contributed by atoms with van der Waals surface area (Å²) < 4.78 is 24.8. The van der Waals surface area contributed by atoms with E-state index in [9.17, 15) is 19.4 Å². The van der Waals surface area contributed by atoms with Crippen molar-refractivity contribution in [2.45, 2.75) is 32.0 Å². The van der Waals surface area contributed by atoms with Crippen LogP contribution in [0.1, 0.15) is 41.4 Å². The van der Waals surface area contributed by atoms with Gasteiger partial charge >= 0.3 is 0 Å². The Bertz CT molecular complexity index is 1260. The maximum atomic E-state index is 13.6. The molecule has 0 bridgehead atoms. The molecule has 4 rings (SSSR count). The number of rotatable bonds is 10. The van der Waals surface area contributed by atoms with Gasteiger partial charge in [-0.05, 0) is 79.8 Å². The molecule has 1 atom stereocenters. The molecule has 0 radical (unpaired) electrons. The predicted molar refractivity (Wildman–Crippen MR) is 134 cm³/mol. The second kappa shape index (κ2) is 10.8. The Kier molecular flexibility index (Phi) is 7.78. The first-order valence-electron chi connectivity index (χ1n) is 11.6. The summed E-state index contributed by atoms with van der Waals surface area (Å²) >= 11 is 5.91. The molecular formula is C27H28ClFN2O5. The number of hydrogen-bond acceptors (Lipinski definition) is 6. The van der Waals surface area contributed by atoms with Gasteiger partial charge < -0.3 is 25.0 Å². The first kappa shape index (κ1) is 25.9. The number of carbonyl (C=O) groups is 1. The first-order chi connectivity index (χ1) is 17.2. The quantitative estimate of drug-likeness (QED) is 0.369. The zero-order valence-corrected chi connectivity index (χ0v) is 20.8. The Morgan fingerprint density at radius 3 is 2.64 bits per heavy atom. The molecule has 1 aliphatic carbocycles. The van der Waals surface area contributed by atoms with Gasteiger partial charge in [0.25, 0.3) is 5.91 Å². The lowest BCUT2D eigenvalue weighted by atomic mass is 9.98. The van der Waals surface area contributed by atoms with Gasteiger partial charge in [-0.2, -0.15) is 0 Å². The summed E-state index contributed by atoms with van der Waals surface area (Å²) in [6.45, 7) is 1.68. The van der Waals surface area contributed by atoms with Crippen LogP contribution in [0, 0.1) is 11.7 Å². The van der Waals surface area contributed by atoms with Crippen LogP contribution in [0.15, 0.2) is 48.5 Å². The van der Waals surface area contributed by atoms with Crippen LogP contribution >= 0.6 is 11.6 Å². The van der Waals surface area contributed by atoms with E-state index in [0.29, 0.717) is 46.4 Å². The number of nitrogens with zero attached hydrogens (tertiary/aromatic N) is 1. The van der Waals surface area contributed by atoms with Crippen molar-refractivity contribution in [1.82, 2.24) is 10.3 Å². The monoisotopic (exact) mass is 514 g/mol. The van der Waals surface area contributed by atoms with E-state index in [-0.39, 0.29) is 23.9 Å². The normalized spacial score (nSPS) is 14.7. The number of ether oxygens (including phenoxy) is 2.